The molecule has 2 aromatic rings. The normalized spacial score (nSPS) is 14.9. The predicted molar refractivity (Wildman–Crippen MR) is 113 cm³/mol. The summed E-state index contributed by atoms with van der Waals surface area (Å²) in [7, 11) is 1.58. The number of benzene rings is 2. The maximum Gasteiger partial charge on any atom is 0.265 e. The van der Waals surface area contributed by atoms with Gasteiger partial charge in [-0.05, 0) is 35.8 Å². The van der Waals surface area contributed by atoms with Gasteiger partial charge in [-0.25, -0.2) is 0 Å². The molecule has 1 N–H and O–H groups in total. The number of amides is 2. The number of para-hydroxylation sites is 1. The van der Waals surface area contributed by atoms with Crippen molar-refractivity contribution in [2.75, 3.05) is 31.7 Å². The molecule has 6 heteroatoms. The molecular formula is C22H24N2O3S. The molecule has 0 bridgehead atoms. The summed E-state index contributed by atoms with van der Waals surface area (Å²) in [6.45, 7) is 2.94. The van der Waals surface area contributed by atoms with E-state index >= 15 is 0 Å². The molecule has 3 rings (SSSR count). The summed E-state index contributed by atoms with van der Waals surface area (Å²) in [6.07, 6.45) is 2.86. The van der Waals surface area contributed by atoms with Gasteiger partial charge >= 0.3 is 0 Å². The van der Waals surface area contributed by atoms with E-state index in [9.17, 15) is 9.59 Å². The number of nitrogens with zero attached hydrogens (tertiary/aromatic N) is 1. The van der Waals surface area contributed by atoms with Gasteiger partial charge in [0.25, 0.3) is 5.91 Å². The second-order valence-electron chi connectivity index (χ2n) is 6.41. The van der Waals surface area contributed by atoms with E-state index in [1.54, 1.807) is 12.0 Å². The Balaban J connectivity index is 1.85. The number of methoxy groups -OCH3 is 1. The van der Waals surface area contributed by atoms with Gasteiger partial charge in [-0.15, -0.1) is 0 Å². The zero-order valence-corrected chi connectivity index (χ0v) is 16.9. The Labute approximate surface area is 169 Å². The molecule has 1 aliphatic heterocycles. The number of aryl methyl sites for hydroxylation is 1. The molecule has 28 heavy (non-hydrogen) atoms. The third kappa shape index (κ3) is 4.82. The van der Waals surface area contributed by atoms with E-state index < -0.39 is 0 Å². The van der Waals surface area contributed by atoms with Crippen LogP contribution in [0.5, 0.6) is 0 Å². The van der Waals surface area contributed by atoms with Crippen molar-refractivity contribution in [3.05, 3.63) is 64.6 Å². The minimum absolute atomic E-state index is 0.0216. The minimum atomic E-state index is -0.209. The highest BCUT2D eigenvalue weighted by atomic mass is 32.2. The van der Waals surface area contributed by atoms with E-state index in [0.29, 0.717) is 18.1 Å². The Morgan fingerprint density at radius 1 is 1.18 bits per heavy atom. The number of hydrogen-bond donors (Lipinski definition) is 1. The smallest absolute Gasteiger partial charge is 0.265 e. The molecule has 0 atom stereocenters. The predicted octanol–water partition coefficient (Wildman–Crippen LogP) is 3.49. The maximum absolute atomic E-state index is 13.1. The van der Waals surface area contributed by atoms with E-state index in [-0.39, 0.29) is 18.4 Å². The van der Waals surface area contributed by atoms with Gasteiger partial charge in [0.15, 0.2) is 0 Å². The van der Waals surface area contributed by atoms with Crippen molar-refractivity contribution in [3.8, 4) is 0 Å². The molecule has 146 valence electrons. The number of nitrogens with one attached hydrogen (secondary N) is 1. The Morgan fingerprint density at radius 3 is 2.64 bits per heavy atom. The van der Waals surface area contributed by atoms with E-state index in [0.717, 1.165) is 22.6 Å². The monoisotopic (exact) mass is 396 g/mol. The average Bonchev–Trinajstić information content (AvgIpc) is 2.72. The van der Waals surface area contributed by atoms with Crippen LogP contribution in [0.25, 0.3) is 6.08 Å². The van der Waals surface area contributed by atoms with E-state index in [1.807, 2.05) is 42.5 Å². The summed E-state index contributed by atoms with van der Waals surface area (Å²) in [5, 5.41) is 2.78. The van der Waals surface area contributed by atoms with Crippen LogP contribution in [-0.2, 0) is 20.7 Å². The number of carbonyl (C=O) groups excluding carboxylic acids is 2. The Morgan fingerprint density at radius 2 is 1.93 bits per heavy atom. The van der Waals surface area contributed by atoms with Gasteiger partial charge in [-0.3, -0.25) is 14.5 Å². The largest absolute Gasteiger partial charge is 0.383 e. The van der Waals surface area contributed by atoms with Crippen LogP contribution in [0.4, 0.5) is 5.69 Å². The molecule has 0 fully saturated rings. The van der Waals surface area contributed by atoms with Crippen molar-refractivity contribution in [2.45, 2.75) is 18.2 Å². The minimum Gasteiger partial charge on any atom is -0.383 e. The van der Waals surface area contributed by atoms with Crippen LogP contribution in [0.3, 0.4) is 0 Å². The summed E-state index contributed by atoms with van der Waals surface area (Å²) >= 11 is 1.44. The van der Waals surface area contributed by atoms with Crippen molar-refractivity contribution >= 4 is 35.3 Å². The number of fused-ring (bicyclic) bond motifs is 1. The van der Waals surface area contributed by atoms with E-state index in [4.69, 9.17) is 4.74 Å². The fraction of sp³-hybridized carbons (Fsp3) is 0.273. The number of anilines is 1. The molecule has 1 aliphatic rings. The molecule has 0 saturated heterocycles. The zero-order valence-electron chi connectivity index (χ0n) is 16.1. The third-order valence-corrected chi connectivity index (χ3v) is 5.53. The molecule has 0 aliphatic carbocycles. The topological polar surface area (TPSA) is 58.6 Å². The molecule has 5 nitrogen and oxygen atoms in total. The number of hydrogen-bond acceptors (Lipinski definition) is 4. The average molecular weight is 397 g/mol. The first-order valence-corrected chi connectivity index (χ1v) is 10.1. The lowest BCUT2D eigenvalue weighted by Crippen LogP contribution is -2.43. The molecule has 2 aromatic carbocycles. The van der Waals surface area contributed by atoms with Crippen LogP contribution in [0.1, 0.15) is 18.1 Å². The summed E-state index contributed by atoms with van der Waals surface area (Å²) in [4.78, 5) is 28.5. The van der Waals surface area contributed by atoms with Crippen LogP contribution >= 0.6 is 11.8 Å². The number of carbonyl (C=O) groups is 2. The van der Waals surface area contributed by atoms with Gasteiger partial charge in [0.05, 0.1) is 17.2 Å². The SMILES string of the molecule is CCc1ccc(/C=C2/Sc3ccccc3N(CC(=O)NCCOC)C2=O)cc1. The van der Waals surface area contributed by atoms with Crippen LogP contribution in [0.2, 0.25) is 0 Å². The Kier molecular flexibility index (Phi) is 6.90. The molecule has 0 saturated carbocycles. The van der Waals surface area contributed by atoms with Gasteiger partial charge in [0.2, 0.25) is 5.91 Å². The lowest BCUT2D eigenvalue weighted by Gasteiger charge is -2.29. The summed E-state index contributed by atoms with van der Waals surface area (Å²) in [6, 6.07) is 15.8. The molecule has 0 unspecified atom stereocenters. The first-order valence-electron chi connectivity index (χ1n) is 9.27. The molecular weight excluding hydrogens is 372 g/mol. The fourth-order valence-corrected chi connectivity index (χ4v) is 3.97. The summed E-state index contributed by atoms with van der Waals surface area (Å²) in [5.41, 5.74) is 2.99. The highest BCUT2D eigenvalue weighted by molar-refractivity contribution is 8.04. The van der Waals surface area contributed by atoms with Gasteiger partial charge in [0.1, 0.15) is 6.54 Å². The summed E-state index contributed by atoms with van der Waals surface area (Å²) < 4.78 is 4.95. The highest BCUT2D eigenvalue weighted by Gasteiger charge is 2.30. The second-order valence-corrected chi connectivity index (χ2v) is 7.49. The number of thioether (sulfide) groups is 1. The molecule has 0 radical (unpaired) electrons. The molecule has 2 amide bonds. The van der Waals surface area contributed by atoms with Crippen molar-refractivity contribution in [3.63, 3.8) is 0 Å². The first-order chi connectivity index (χ1) is 13.6. The molecule has 1 heterocycles. The van der Waals surface area contributed by atoms with E-state index in [2.05, 4.69) is 24.4 Å². The van der Waals surface area contributed by atoms with Crippen LogP contribution in [0.15, 0.2) is 58.3 Å². The van der Waals surface area contributed by atoms with Crippen LogP contribution in [-0.4, -0.2) is 38.6 Å². The zero-order chi connectivity index (χ0) is 19.9. The van der Waals surface area contributed by atoms with Crippen LogP contribution in [0, 0.1) is 0 Å². The van der Waals surface area contributed by atoms with Crippen LogP contribution < -0.4 is 10.2 Å². The van der Waals surface area contributed by atoms with Gasteiger partial charge in [0, 0.05) is 18.6 Å². The standard InChI is InChI=1S/C22H24N2O3S/c1-3-16-8-10-17(11-9-16)14-20-22(26)24(15-21(25)23-12-13-27-2)18-6-4-5-7-19(18)28-20/h4-11,14H,3,12-13,15H2,1-2H3,(H,23,25)/b20-14+. The number of rotatable bonds is 7. The molecule has 0 aromatic heterocycles. The third-order valence-electron chi connectivity index (χ3n) is 4.45. The lowest BCUT2D eigenvalue weighted by molar-refractivity contribution is -0.122. The van der Waals surface area contributed by atoms with E-state index in [1.165, 1.54) is 17.3 Å². The van der Waals surface area contributed by atoms with Gasteiger partial charge < -0.3 is 10.1 Å². The molecule has 0 spiro atoms. The van der Waals surface area contributed by atoms with Crippen molar-refractivity contribution in [1.29, 1.82) is 0 Å². The van der Waals surface area contributed by atoms with Gasteiger partial charge in [-0.1, -0.05) is 55.1 Å². The maximum atomic E-state index is 13.1. The van der Waals surface area contributed by atoms with Crippen molar-refractivity contribution in [1.82, 2.24) is 5.32 Å². The second kappa shape index (κ2) is 9.57. The summed E-state index contributed by atoms with van der Waals surface area (Å²) in [5.74, 6) is -0.371. The lowest BCUT2D eigenvalue weighted by atomic mass is 10.1. The highest BCUT2D eigenvalue weighted by Crippen LogP contribution is 2.41. The van der Waals surface area contributed by atoms with Crippen molar-refractivity contribution < 1.29 is 14.3 Å². The van der Waals surface area contributed by atoms with Crippen molar-refractivity contribution in [2.24, 2.45) is 0 Å². The van der Waals surface area contributed by atoms with Gasteiger partial charge in [-0.2, -0.15) is 0 Å². The first kappa shape index (κ1) is 20.2. The Bertz CT molecular complexity index is 878. The Hall–Kier alpha value is -2.57. The number of ether oxygens (including phenoxy) is 1. The quantitative estimate of drug-likeness (QED) is 0.575. The fourth-order valence-electron chi connectivity index (χ4n) is 2.91.